The van der Waals surface area contributed by atoms with Gasteiger partial charge in [0.2, 0.25) is 0 Å². The maximum absolute atomic E-state index is 12.0. The monoisotopic (exact) mass is 318 g/mol. The molecule has 1 heterocycles. The molecule has 116 valence electrons. The lowest BCUT2D eigenvalue weighted by Crippen LogP contribution is -2.06. The van der Waals surface area contributed by atoms with Crippen LogP contribution in [-0.4, -0.2) is 19.7 Å². The number of thiophene rings is 1. The highest BCUT2D eigenvalue weighted by Crippen LogP contribution is 2.25. The fraction of sp³-hybridized carbons (Fsp3) is 0.235. The Hall–Kier alpha value is -2.27. The van der Waals surface area contributed by atoms with E-state index in [-0.39, 0.29) is 0 Å². The lowest BCUT2D eigenvalue weighted by molar-refractivity contribution is 0.0739. The summed E-state index contributed by atoms with van der Waals surface area (Å²) in [4.78, 5) is 12.5. The van der Waals surface area contributed by atoms with E-state index in [9.17, 15) is 4.79 Å². The summed E-state index contributed by atoms with van der Waals surface area (Å²) in [6.45, 7) is 4.30. The van der Waals surface area contributed by atoms with E-state index >= 15 is 0 Å². The van der Waals surface area contributed by atoms with Gasteiger partial charge < -0.3 is 14.2 Å². The first-order valence-corrected chi connectivity index (χ1v) is 7.74. The van der Waals surface area contributed by atoms with Crippen LogP contribution in [0.4, 0.5) is 0 Å². The van der Waals surface area contributed by atoms with Crippen molar-refractivity contribution in [2.24, 2.45) is 0 Å². The fourth-order valence-electron chi connectivity index (χ4n) is 1.72. The number of hydrogen-bond acceptors (Lipinski definition) is 5. The van der Waals surface area contributed by atoms with Crippen LogP contribution in [-0.2, 0) is 0 Å². The third-order valence-corrected chi connectivity index (χ3v) is 3.87. The molecule has 0 unspecified atom stereocenters. The highest BCUT2D eigenvalue weighted by atomic mass is 32.1. The lowest BCUT2D eigenvalue weighted by atomic mass is 10.3. The van der Waals surface area contributed by atoms with Crippen molar-refractivity contribution < 1.29 is 19.0 Å². The van der Waals surface area contributed by atoms with E-state index in [1.54, 1.807) is 43.5 Å². The van der Waals surface area contributed by atoms with Crippen LogP contribution in [0, 0.1) is 0 Å². The topological polar surface area (TPSA) is 44.8 Å². The number of carbonyl (C=O) groups is 1. The van der Waals surface area contributed by atoms with Crippen molar-refractivity contribution in [3.63, 3.8) is 0 Å². The number of esters is 1. The molecular formula is C17H18O4S. The molecule has 0 saturated heterocycles. The zero-order chi connectivity index (χ0) is 15.8. The van der Waals surface area contributed by atoms with Crippen molar-refractivity contribution in [2.75, 3.05) is 13.7 Å². The molecule has 0 aliphatic heterocycles. The van der Waals surface area contributed by atoms with Crippen molar-refractivity contribution in [3.05, 3.63) is 53.9 Å². The van der Waals surface area contributed by atoms with Crippen molar-refractivity contribution in [1.82, 2.24) is 0 Å². The highest BCUT2D eigenvalue weighted by molar-refractivity contribution is 7.15. The van der Waals surface area contributed by atoms with Crippen LogP contribution in [0.25, 0.3) is 0 Å². The van der Waals surface area contributed by atoms with Gasteiger partial charge >= 0.3 is 5.97 Å². The molecular weight excluding hydrogens is 300 g/mol. The summed E-state index contributed by atoms with van der Waals surface area (Å²) < 4.78 is 15.9. The molecule has 1 aromatic carbocycles. The van der Waals surface area contributed by atoms with E-state index in [0.717, 1.165) is 18.6 Å². The second-order valence-corrected chi connectivity index (χ2v) is 5.51. The molecule has 0 aliphatic carbocycles. The average molecular weight is 318 g/mol. The van der Waals surface area contributed by atoms with Crippen LogP contribution >= 0.6 is 11.3 Å². The molecule has 0 atom stereocenters. The van der Waals surface area contributed by atoms with Crippen LogP contribution in [0.5, 0.6) is 16.6 Å². The Balaban J connectivity index is 1.87. The molecule has 0 bridgehead atoms. The van der Waals surface area contributed by atoms with Gasteiger partial charge in [0.05, 0.1) is 13.7 Å². The number of hydrogen-bond donors (Lipinski definition) is 0. The number of carbonyl (C=O) groups excluding carboxylic acids is 1. The van der Waals surface area contributed by atoms with Gasteiger partial charge in [-0.2, -0.15) is 0 Å². The Morgan fingerprint density at radius 2 is 1.91 bits per heavy atom. The van der Waals surface area contributed by atoms with Gasteiger partial charge in [0.1, 0.15) is 16.4 Å². The Morgan fingerprint density at radius 3 is 2.55 bits per heavy atom. The van der Waals surface area contributed by atoms with E-state index < -0.39 is 5.97 Å². The summed E-state index contributed by atoms with van der Waals surface area (Å²) in [6.07, 6.45) is 3.73. The van der Waals surface area contributed by atoms with Gasteiger partial charge in [-0.25, -0.2) is 4.79 Å². The summed E-state index contributed by atoms with van der Waals surface area (Å²) >= 11 is 1.25. The van der Waals surface area contributed by atoms with Crippen LogP contribution in [0.2, 0.25) is 0 Å². The normalized spacial score (nSPS) is 10.0. The summed E-state index contributed by atoms with van der Waals surface area (Å²) in [7, 11) is 1.56. The first kappa shape index (κ1) is 16.1. The Bertz CT molecular complexity index is 616. The molecule has 0 saturated carbocycles. The molecule has 1 aromatic heterocycles. The van der Waals surface area contributed by atoms with Crippen molar-refractivity contribution in [2.45, 2.75) is 12.8 Å². The summed E-state index contributed by atoms with van der Waals surface area (Å²) in [5, 5.41) is 0.676. The molecule has 0 N–H and O–H groups in total. The fourth-order valence-corrected chi connectivity index (χ4v) is 2.42. The van der Waals surface area contributed by atoms with Crippen LogP contribution < -0.4 is 14.2 Å². The molecule has 2 aromatic rings. The maximum atomic E-state index is 12.0. The minimum atomic E-state index is -0.395. The first-order valence-electron chi connectivity index (χ1n) is 6.92. The van der Waals surface area contributed by atoms with Gasteiger partial charge in [-0.1, -0.05) is 17.4 Å². The minimum absolute atomic E-state index is 0.395. The van der Waals surface area contributed by atoms with Gasteiger partial charge in [-0.05, 0) is 49.2 Å². The zero-order valence-electron chi connectivity index (χ0n) is 12.4. The number of unbranched alkanes of at least 4 members (excludes halogenated alkanes) is 1. The lowest BCUT2D eigenvalue weighted by Gasteiger charge is -2.06. The zero-order valence-corrected chi connectivity index (χ0v) is 13.2. The second-order valence-electron chi connectivity index (χ2n) is 4.46. The summed E-state index contributed by atoms with van der Waals surface area (Å²) in [5.74, 6) is 0.838. The van der Waals surface area contributed by atoms with Crippen molar-refractivity contribution >= 4 is 17.3 Å². The molecule has 0 radical (unpaired) electrons. The van der Waals surface area contributed by atoms with E-state index in [1.165, 1.54) is 11.3 Å². The molecule has 0 spiro atoms. The molecule has 22 heavy (non-hydrogen) atoms. The smallest absolute Gasteiger partial charge is 0.353 e. The Morgan fingerprint density at radius 1 is 1.18 bits per heavy atom. The van der Waals surface area contributed by atoms with E-state index in [2.05, 4.69) is 6.58 Å². The molecule has 5 heteroatoms. The number of benzene rings is 1. The van der Waals surface area contributed by atoms with Crippen LogP contribution in [0.1, 0.15) is 22.5 Å². The minimum Gasteiger partial charge on any atom is -0.494 e. The van der Waals surface area contributed by atoms with Gasteiger partial charge in [-0.15, -0.1) is 6.58 Å². The highest BCUT2D eigenvalue weighted by Gasteiger charge is 2.12. The number of ether oxygens (including phenoxy) is 3. The largest absolute Gasteiger partial charge is 0.494 e. The summed E-state index contributed by atoms with van der Waals surface area (Å²) in [6, 6.07) is 10.4. The number of methoxy groups -OCH3 is 1. The Kier molecular flexibility index (Phi) is 6.03. The maximum Gasteiger partial charge on any atom is 0.353 e. The van der Waals surface area contributed by atoms with E-state index in [0.29, 0.717) is 22.3 Å². The third-order valence-electron chi connectivity index (χ3n) is 2.84. The van der Waals surface area contributed by atoms with E-state index in [1.807, 2.05) is 6.08 Å². The predicted molar refractivity (Wildman–Crippen MR) is 87.2 cm³/mol. The van der Waals surface area contributed by atoms with Crippen molar-refractivity contribution in [1.29, 1.82) is 0 Å². The summed E-state index contributed by atoms with van der Waals surface area (Å²) in [5.41, 5.74) is 0. The SMILES string of the molecule is C=CCCCOc1ccc(OC(=O)c2ccc(OC)s2)cc1. The van der Waals surface area contributed by atoms with Crippen molar-refractivity contribution in [3.8, 4) is 16.6 Å². The van der Waals surface area contributed by atoms with Crippen LogP contribution in [0.15, 0.2) is 49.1 Å². The molecule has 0 aliphatic rings. The average Bonchev–Trinajstić information content (AvgIpc) is 3.02. The standard InChI is InChI=1S/C17H18O4S/c1-3-4-5-12-20-13-6-8-14(9-7-13)21-17(18)15-10-11-16(19-2)22-15/h3,6-11H,1,4-5,12H2,2H3. The molecule has 0 amide bonds. The second kappa shape index (κ2) is 8.24. The van der Waals surface area contributed by atoms with Gasteiger partial charge in [0, 0.05) is 0 Å². The first-order chi connectivity index (χ1) is 10.7. The van der Waals surface area contributed by atoms with Gasteiger partial charge in [-0.3, -0.25) is 0 Å². The van der Waals surface area contributed by atoms with E-state index in [4.69, 9.17) is 14.2 Å². The molecule has 0 fully saturated rings. The molecule has 2 rings (SSSR count). The predicted octanol–water partition coefficient (Wildman–Crippen LogP) is 4.32. The Labute approximate surface area is 133 Å². The number of rotatable bonds is 8. The van der Waals surface area contributed by atoms with Gasteiger partial charge in [0.25, 0.3) is 0 Å². The molecule has 4 nitrogen and oxygen atoms in total. The number of allylic oxidation sites excluding steroid dienone is 1. The van der Waals surface area contributed by atoms with Gasteiger partial charge in [0.15, 0.2) is 5.06 Å². The third kappa shape index (κ3) is 4.63. The van der Waals surface area contributed by atoms with Crippen LogP contribution in [0.3, 0.4) is 0 Å². The quantitative estimate of drug-likeness (QED) is 0.315.